The molecular weight excluding hydrogens is 444 g/mol. The largest absolute Gasteiger partial charge is 0.463 e. The van der Waals surface area contributed by atoms with E-state index in [-0.39, 0.29) is 19.0 Å². The Morgan fingerprint density at radius 1 is 1.15 bits per heavy atom. The van der Waals surface area contributed by atoms with Crippen LogP contribution in [0.15, 0.2) is 15.8 Å². The first-order valence-electron chi connectivity index (χ1n) is 12.2. The Morgan fingerprint density at radius 3 is 2.44 bits per heavy atom. The van der Waals surface area contributed by atoms with Gasteiger partial charge in [-0.3, -0.25) is 24.3 Å². The summed E-state index contributed by atoms with van der Waals surface area (Å²) in [6.07, 6.45) is 10.7. The van der Waals surface area contributed by atoms with Crippen LogP contribution in [0.25, 0.3) is 0 Å². The Balaban J connectivity index is 1.81. The van der Waals surface area contributed by atoms with Gasteiger partial charge >= 0.3 is 17.7 Å². The molecule has 3 atom stereocenters. The SMILES string of the molecule is CCCCCCCCCCCC(=O)OC[C@H]1O[C@@H](n2cc(C)c(=O)[nH]c2=O)C[C@@H]1NC(=O)NO. The molecule has 34 heavy (non-hydrogen) atoms. The molecule has 1 saturated heterocycles. The number of hydrogen-bond donors (Lipinski definition) is 4. The third kappa shape index (κ3) is 8.94. The van der Waals surface area contributed by atoms with Gasteiger partial charge in [-0.25, -0.2) is 15.1 Å². The van der Waals surface area contributed by atoms with Gasteiger partial charge in [0.2, 0.25) is 0 Å². The highest BCUT2D eigenvalue weighted by atomic mass is 16.6. The van der Waals surface area contributed by atoms with Crippen molar-refractivity contribution >= 4 is 12.0 Å². The van der Waals surface area contributed by atoms with Crippen molar-refractivity contribution in [1.29, 1.82) is 0 Å². The van der Waals surface area contributed by atoms with Crippen LogP contribution in [0.4, 0.5) is 4.79 Å². The highest BCUT2D eigenvalue weighted by Gasteiger charge is 2.38. The number of unbranched alkanes of at least 4 members (excludes halogenated alkanes) is 8. The summed E-state index contributed by atoms with van der Waals surface area (Å²) >= 11 is 0. The predicted molar refractivity (Wildman–Crippen MR) is 125 cm³/mol. The van der Waals surface area contributed by atoms with Gasteiger partial charge in [0.15, 0.2) is 0 Å². The molecule has 1 aromatic heterocycles. The lowest BCUT2D eigenvalue weighted by Crippen LogP contribution is -2.46. The van der Waals surface area contributed by atoms with Crippen molar-refractivity contribution in [2.45, 2.75) is 103 Å². The van der Waals surface area contributed by atoms with Gasteiger partial charge in [-0.05, 0) is 13.3 Å². The molecule has 2 heterocycles. The number of hydroxylamine groups is 1. The van der Waals surface area contributed by atoms with E-state index in [4.69, 9.17) is 14.7 Å². The molecule has 1 aliphatic rings. The summed E-state index contributed by atoms with van der Waals surface area (Å²) in [6.45, 7) is 3.65. The fraction of sp³-hybridized carbons (Fsp3) is 0.739. The van der Waals surface area contributed by atoms with Crippen LogP contribution in [0.3, 0.4) is 0 Å². The predicted octanol–water partition coefficient (Wildman–Crippen LogP) is 2.65. The number of carbonyl (C=O) groups excluding carboxylic acids is 2. The highest BCUT2D eigenvalue weighted by Crippen LogP contribution is 2.28. The number of aromatic nitrogens is 2. The number of aryl methyl sites for hydroxylation is 1. The molecule has 2 amide bonds. The number of rotatable bonds is 14. The van der Waals surface area contributed by atoms with E-state index in [9.17, 15) is 19.2 Å². The topological polar surface area (TPSA) is 152 Å². The van der Waals surface area contributed by atoms with Crippen molar-refractivity contribution in [2.75, 3.05) is 6.61 Å². The molecule has 0 saturated carbocycles. The van der Waals surface area contributed by atoms with E-state index in [1.54, 1.807) is 6.92 Å². The average Bonchev–Trinajstić information content (AvgIpc) is 3.21. The van der Waals surface area contributed by atoms with Gasteiger partial charge in [-0.15, -0.1) is 0 Å². The zero-order valence-corrected chi connectivity index (χ0v) is 20.1. The van der Waals surface area contributed by atoms with Crippen molar-refractivity contribution in [1.82, 2.24) is 20.3 Å². The smallest absolute Gasteiger partial charge is 0.338 e. The molecule has 0 unspecified atom stereocenters. The molecule has 1 aliphatic heterocycles. The third-order valence-corrected chi connectivity index (χ3v) is 6.00. The Hall–Kier alpha value is -2.66. The van der Waals surface area contributed by atoms with Crippen molar-refractivity contribution in [3.63, 3.8) is 0 Å². The van der Waals surface area contributed by atoms with Gasteiger partial charge in [0.1, 0.15) is 18.9 Å². The molecule has 0 radical (unpaired) electrons. The Kier molecular flexibility index (Phi) is 11.8. The lowest BCUT2D eigenvalue weighted by molar-refractivity contribution is -0.148. The summed E-state index contributed by atoms with van der Waals surface area (Å²) in [5.74, 6) is -0.350. The number of hydrogen-bond acceptors (Lipinski definition) is 7. The number of carbonyl (C=O) groups is 2. The maximum Gasteiger partial charge on any atom is 0.338 e. The summed E-state index contributed by atoms with van der Waals surface area (Å²) in [5.41, 5.74) is 0.685. The second-order valence-electron chi connectivity index (χ2n) is 8.80. The second-order valence-corrected chi connectivity index (χ2v) is 8.80. The van der Waals surface area contributed by atoms with Crippen molar-refractivity contribution < 1.29 is 24.3 Å². The van der Waals surface area contributed by atoms with Crippen LogP contribution < -0.4 is 22.0 Å². The Bertz CT molecular complexity index is 898. The van der Waals surface area contributed by atoms with E-state index < -0.39 is 35.7 Å². The Labute approximate surface area is 199 Å². The molecule has 0 spiro atoms. The van der Waals surface area contributed by atoms with Crippen molar-refractivity contribution in [2.24, 2.45) is 0 Å². The molecule has 1 fully saturated rings. The van der Waals surface area contributed by atoms with Crippen LogP contribution in [-0.2, 0) is 14.3 Å². The maximum atomic E-state index is 12.2. The standard InChI is InChI=1S/C23H38N4O7/c1-3-4-5-6-7-8-9-10-11-12-20(28)33-15-18-17(24-22(30)26-32)13-19(34-18)27-14-16(2)21(29)25-23(27)31/h14,17-19,32H,3-13,15H2,1-2H3,(H2,24,26,30)(H,25,29,31)/t17-,18+,19+/m0/s1. The number of ether oxygens (including phenoxy) is 2. The number of urea groups is 1. The van der Waals surface area contributed by atoms with Crippen LogP contribution in [0, 0.1) is 6.92 Å². The molecule has 11 heteroatoms. The van der Waals surface area contributed by atoms with Gasteiger partial charge in [-0.2, -0.15) is 0 Å². The van der Waals surface area contributed by atoms with E-state index in [0.29, 0.717) is 12.0 Å². The normalized spacial score (nSPS) is 19.7. The van der Waals surface area contributed by atoms with E-state index in [2.05, 4.69) is 17.2 Å². The molecule has 4 N–H and O–H groups in total. The Morgan fingerprint density at radius 2 is 1.79 bits per heavy atom. The fourth-order valence-corrected chi connectivity index (χ4v) is 4.04. The van der Waals surface area contributed by atoms with Gasteiger partial charge in [0.25, 0.3) is 5.56 Å². The van der Waals surface area contributed by atoms with E-state index in [1.807, 2.05) is 0 Å². The lowest BCUT2D eigenvalue weighted by Gasteiger charge is -2.19. The number of H-pyrrole nitrogens is 1. The summed E-state index contributed by atoms with van der Waals surface area (Å²) in [5, 5.41) is 11.4. The lowest BCUT2D eigenvalue weighted by atomic mass is 10.1. The number of nitrogens with one attached hydrogen (secondary N) is 3. The molecule has 11 nitrogen and oxygen atoms in total. The second kappa shape index (κ2) is 14.6. The molecule has 2 rings (SSSR count). The zero-order valence-electron chi connectivity index (χ0n) is 20.1. The molecule has 0 bridgehead atoms. The maximum absolute atomic E-state index is 12.2. The number of aromatic amines is 1. The molecule has 0 aromatic carbocycles. The first kappa shape index (κ1) is 27.6. The summed E-state index contributed by atoms with van der Waals surface area (Å²) in [7, 11) is 0. The molecule has 1 aromatic rings. The van der Waals surface area contributed by atoms with E-state index in [0.717, 1.165) is 19.3 Å². The number of nitrogens with zero attached hydrogens (tertiary/aromatic N) is 1. The monoisotopic (exact) mass is 482 g/mol. The first-order valence-corrected chi connectivity index (χ1v) is 12.2. The van der Waals surface area contributed by atoms with Crippen LogP contribution in [0.5, 0.6) is 0 Å². The minimum Gasteiger partial charge on any atom is -0.463 e. The van der Waals surface area contributed by atoms with Gasteiger partial charge in [-0.1, -0.05) is 58.3 Å². The van der Waals surface area contributed by atoms with Gasteiger partial charge < -0.3 is 14.8 Å². The number of amides is 2. The van der Waals surface area contributed by atoms with E-state index in [1.165, 1.54) is 54.8 Å². The summed E-state index contributed by atoms with van der Waals surface area (Å²) in [6, 6.07) is -1.47. The summed E-state index contributed by atoms with van der Waals surface area (Å²) < 4.78 is 12.5. The summed E-state index contributed by atoms with van der Waals surface area (Å²) in [4.78, 5) is 49.8. The van der Waals surface area contributed by atoms with Crippen LogP contribution in [0.2, 0.25) is 0 Å². The number of esters is 1. The van der Waals surface area contributed by atoms with E-state index >= 15 is 0 Å². The van der Waals surface area contributed by atoms with Crippen LogP contribution >= 0.6 is 0 Å². The molecule has 192 valence electrons. The van der Waals surface area contributed by atoms with Crippen LogP contribution in [-0.4, -0.2) is 45.5 Å². The molecular formula is C23H38N4O7. The fourth-order valence-electron chi connectivity index (χ4n) is 4.04. The molecule has 0 aliphatic carbocycles. The van der Waals surface area contributed by atoms with Gasteiger partial charge in [0, 0.05) is 24.6 Å². The van der Waals surface area contributed by atoms with Crippen LogP contribution in [0.1, 0.15) is 89.3 Å². The first-order chi connectivity index (χ1) is 16.3. The van der Waals surface area contributed by atoms with Crippen molar-refractivity contribution in [3.8, 4) is 0 Å². The minimum atomic E-state index is -0.842. The van der Waals surface area contributed by atoms with Gasteiger partial charge in [0.05, 0.1) is 6.04 Å². The highest BCUT2D eigenvalue weighted by molar-refractivity contribution is 5.73. The quantitative estimate of drug-likeness (QED) is 0.138. The third-order valence-electron chi connectivity index (χ3n) is 6.00. The van der Waals surface area contributed by atoms with Crippen molar-refractivity contribution in [3.05, 3.63) is 32.6 Å². The average molecular weight is 483 g/mol. The zero-order chi connectivity index (χ0) is 24.9. The minimum absolute atomic E-state index is 0.111.